The number of rotatable bonds is 3. The van der Waals surface area contributed by atoms with Gasteiger partial charge in [0.15, 0.2) is 0 Å². The van der Waals surface area contributed by atoms with Crippen LogP contribution in [0.25, 0.3) is 0 Å². The van der Waals surface area contributed by atoms with Gasteiger partial charge in [-0.15, -0.1) is 0 Å². The molecular weight excluding hydrogens is 393 g/mol. The minimum absolute atomic E-state index is 0.0139. The van der Waals surface area contributed by atoms with Crippen molar-refractivity contribution in [2.75, 3.05) is 13.6 Å². The highest BCUT2D eigenvalue weighted by molar-refractivity contribution is 5.89. The van der Waals surface area contributed by atoms with Crippen LogP contribution in [0.15, 0.2) is 12.2 Å². The average Bonchev–Trinajstić information content (AvgIpc) is 2.99. The fourth-order valence-corrected chi connectivity index (χ4v) is 7.68. The van der Waals surface area contributed by atoms with E-state index < -0.39 is 18.6 Å². The smallest absolute Gasteiger partial charge is 0.347 e. The van der Waals surface area contributed by atoms with E-state index in [-0.39, 0.29) is 35.1 Å². The fourth-order valence-electron chi connectivity index (χ4n) is 7.68. The van der Waals surface area contributed by atoms with Crippen molar-refractivity contribution in [3.63, 3.8) is 0 Å². The minimum Gasteiger partial charge on any atom is -0.347 e. The molecule has 7 heteroatoms. The number of hydrogen-bond donors (Lipinski definition) is 1. The molecule has 0 bridgehead atoms. The number of hydrogen-bond acceptors (Lipinski definition) is 2. The van der Waals surface area contributed by atoms with Gasteiger partial charge in [0, 0.05) is 24.9 Å². The monoisotopic (exact) mass is 426 g/mol. The van der Waals surface area contributed by atoms with Crippen LogP contribution in [-0.2, 0) is 9.59 Å². The molecule has 0 aromatic rings. The summed E-state index contributed by atoms with van der Waals surface area (Å²) >= 11 is 0. The van der Waals surface area contributed by atoms with Crippen molar-refractivity contribution in [1.29, 1.82) is 0 Å². The zero-order valence-corrected chi connectivity index (χ0v) is 18.1. The Bertz CT molecular complexity index is 751. The standard InChI is InChI=1S/C23H33F3N2O2/c1-21-10-8-17-15(5-7-18-22(17,2)11-9-20(30)28(18)3)16(21)6-4-14(21)12-19(29)27-13-23(24,25)26/h9,11,14-18H,4-8,10,12-13H2,1-3H3,(H,27,29)/t14-,15?,16+,17?,18-,21-,22-/m1/s1. The van der Waals surface area contributed by atoms with Crippen LogP contribution < -0.4 is 5.32 Å². The van der Waals surface area contributed by atoms with Crippen LogP contribution in [0.4, 0.5) is 13.2 Å². The van der Waals surface area contributed by atoms with Gasteiger partial charge in [-0.2, -0.15) is 13.2 Å². The molecule has 0 saturated heterocycles. The number of amides is 2. The number of carbonyl (C=O) groups excluding carboxylic acids is 2. The molecule has 0 radical (unpaired) electrons. The lowest BCUT2D eigenvalue weighted by atomic mass is 9.47. The normalized spacial score (nSPS) is 43.1. The van der Waals surface area contributed by atoms with E-state index in [2.05, 4.69) is 25.2 Å². The van der Waals surface area contributed by atoms with Crippen LogP contribution in [0, 0.1) is 34.5 Å². The highest BCUT2D eigenvalue weighted by Crippen LogP contribution is 2.65. The van der Waals surface area contributed by atoms with Crippen molar-refractivity contribution >= 4 is 11.8 Å². The molecule has 2 amide bonds. The van der Waals surface area contributed by atoms with Gasteiger partial charge in [0.2, 0.25) is 11.8 Å². The molecule has 4 nitrogen and oxygen atoms in total. The first-order chi connectivity index (χ1) is 14.0. The summed E-state index contributed by atoms with van der Waals surface area (Å²) in [6.45, 7) is 3.32. The number of fused-ring (bicyclic) bond motifs is 5. The first-order valence-electron chi connectivity index (χ1n) is 11.2. The van der Waals surface area contributed by atoms with E-state index in [1.807, 2.05) is 11.9 Å². The topological polar surface area (TPSA) is 49.4 Å². The first kappa shape index (κ1) is 21.7. The summed E-state index contributed by atoms with van der Waals surface area (Å²) in [7, 11) is 1.91. The van der Waals surface area contributed by atoms with Gasteiger partial charge in [0.1, 0.15) is 6.54 Å². The van der Waals surface area contributed by atoms with Gasteiger partial charge in [-0.25, -0.2) is 0 Å². The Morgan fingerprint density at radius 3 is 2.60 bits per heavy atom. The quantitative estimate of drug-likeness (QED) is 0.731. The predicted octanol–water partition coefficient (Wildman–Crippen LogP) is 4.31. The van der Waals surface area contributed by atoms with E-state index in [4.69, 9.17) is 0 Å². The number of nitrogens with zero attached hydrogens (tertiary/aromatic N) is 1. The lowest BCUT2D eigenvalue weighted by Gasteiger charge is -2.60. The van der Waals surface area contributed by atoms with Gasteiger partial charge in [-0.3, -0.25) is 9.59 Å². The molecule has 0 spiro atoms. The Morgan fingerprint density at radius 1 is 1.17 bits per heavy atom. The van der Waals surface area contributed by atoms with Crippen molar-refractivity contribution in [3.8, 4) is 0 Å². The highest BCUT2D eigenvalue weighted by atomic mass is 19.4. The van der Waals surface area contributed by atoms with Crippen molar-refractivity contribution < 1.29 is 22.8 Å². The van der Waals surface area contributed by atoms with Crippen LogP contribution in [0.5, 0.6) is 0 Å². The third-order valence-electron chi connectivity index (χ3n) is 9.24. The molecule has 0 aromatic carbocycles. The van der Waals surface area contributed by atoms with E-state index in [9.17, 15) is 22.8 Å². The molecular formula is C23H33F3N2O2. The minimum atomic E-state index is -4.37. The van der Waals surface area contributed by atoms with Crippen molar-refractivity contribution in [1.82, 2.24) is 10.2 Å². The van der Waals surface area contributed by atoms with Gasteiger partial charge >= 0.3 is 6.18 Å². The maximum Gasteiger partial charge on any atom is 0.405 e. The van der Waals surface area contributed by atoms with E-state index in [1.165, 1.54) is 0 Å². The Labute approximate surface area is 176 Å². The molecule has 4 aliphatic rings. The van der Waals surface area contributed by atoms with E-state index >= 15 is 0 Å². The third-order valence-corrected chi connectivity index (χ3v) is 9.24. The molecule has 0 aromatic heterocycles. The molecule has 168 valence electrons. The second-order valence-electron chi connectivity index (χ2n) is 10.5. The molecule has 30 heavy (non-hydrogen) atoms. The van der Waals surface area contributed by atoms with E-state index in [0.717, 1.165) is 38.5 Å². The van der Waals surface area contributed by atoms with Gasteiger partial charge in [0.25, 0.3) is 0 Å². The Hall–Kier alpha value is -1.53. The zero-order valence-electron chi connectivity index (χ0n) is 18.1. The molecule has 1 aliphatic heterocycles. The van der Waals surface area contributed by atoms with Gasteiger partial charge in [-0.05, 0) is 73.7 Å². The van der Waals surface area contributed by atoms with Gasteiger partial charge < -0.3 is 10.2 Å². The van der Waals surface area contributed by atoms with E-state index in [0.29, 0.717) is 17.8 Å². The van der Waals surface area contributed by atoms with Crippen molar-refractivity contribution in [2.45, 2.75) is 71.0 Å². The molecule has 3 aliphatic carbocycles. The number of halogens is 3. The second kappa shape index (κ2) is 7.27. The highest BCUT2D eigenvalue weighted by Gasteiger charge is 2.60. The van der Waals surface area contributed by atoms with Crippen LogP contribution in [0.3, 0.4) is 0 Å². The number of likely N-dealkylation sites (N-methyl/N-ethyl adjacent to an activating group) is 1. The maximum atomic E-state index is 12.4. The lowest BCUT2D eigenvalue weighted by Crippen LogP contribution is -2.59. The average molecular weight is 427 g/mol. The Balaban J connectivity index is 1.48. The van der Waals surface area contributed by atoms with Gasteiger partial charge in [-0.1, -0.05) is 19.9 Å². The molecule has 2 unspecified atom stereocenters. The maximum absolute atomic E-state index is 12.4. The molecule has 1 heterocycles. The summed E-state index contributed by atoms with van der Waals surface area (Å²) in [4.78, 5) is 26.3. The summed E-state index contributed by atoms with van der Waals surface area (Å²) in [5.41, 5.74) is -0.00485. The van der Waals surface area contributed by atoms with Crippen LogP contribution in [-0.4, -0.2) is 42.5 Å². The molecule has 4 rings (SSSR count). The molecule has 3 fully saturated rings. The van der Waals surface area contributed by atoms with Crippen molar-refractivity contribution in [3.05, 3.63) is 12.2 Å². The number of carbonyl (C=O) groups is 2. The summed E-state index contributed by atoms with van der Waals surface area (Å²) in [6, 6.07) is 0.242. The van der Waals surface area contributed by atoms with Gasteiger partial charge in [0.05, 0.1) is 0 Å². The van der Waals surface area contributed by atoms with Crippen LogP contribution in [0.2, 0.25) is 0 Å². The Kier molecular flexibility index (Phi) is 5.25. The van der Waals surface area contributed by atoms with Crippen molar-refractivity contribution in [2.24, 2.45) is 34.5 Å². The largest absolute Gasteiger partial charge is 0.405 e. The van der Waals surface area contributed by atoms with Crippen LogP contribution in [0.1, 0.15) is 58.8 Å². The number of alkyl halides is 3. The molecule has 7 atom stereocenters. The summed E-state index contributed by atoms with van der Waals surface area (Å²) in [6.07, 6.45) is 5.81. The summed E-state index contributed by atoms with van der Waals surface area (Å²) < 4.78 is 37.3. The fraction of sp³-hybridized carbons (Fsp3) is 0.826. The summed E-state index contributed by atoms with van der Waals surface area (Å²) in [5, 5.41) is 2.06. The second-order valence-corrected chi connectivity index (χ2v) is 10.5. The zero-order chi connectivity index (χ0) is 21.9. The lowest BCUT2D eigenvalue weighted by molar-refractivity contribution is -0.141. The van der Waals surface area contributed by atoms with E-state index in [1.54, 1.807) is 6.08 Å². The Morgan fingerprint density at radius 2 is 1.90 bits per heavy atom. The number of nitrogens with one attached hydrogen (secondary N) is 1. The molecule has 3 saturated carbocycles. The first-order valence-corrected chi connectivity index (χ1v) is 11.2. The summed E-state index contributed by atoms with van der Waals surface area (Å²) in [5.74, 6) is 1.33. The predicted molar refractivity (Wildman–Crippen MR) is 107 cm³/mol. The molecule has 1 N–H and O–H groups in total. The van der Waals surface area contributed by atoms with Crippen LogP contribution >= 0.6 is 0 Å². The SMILES string of the molecule is CN1C(=O)C=C[C@]2(C)C3CC[C@]4(C)[C@@H](CC(=O)NCC(F)(F)F)CC[C@H]4C3CC[C@@H]12. The third kappa shape index (κ3) is 3.46.